The molecule has 0 atom stereocenters. The Labute approximate surface area is 119 Å². The average molecular weight is 296 g/mol. The van der Waals surface area contributed by atoms with E-state index in [0.717, 1.165) is 5.01 Å². The van der Waals surface area contributed by atoms with Crippen LogP contribution in [0.2, 0.25) is 0 Å². The van der Waals surface area contributed by atoms with Crippen LogP contribution < -0.4 is 0 Å². The second-order valence-electron chi connectivity index (χ2n) is 3.72. The first kappa shape index (κ1) is 13.5. The lowest BCUT2D eigenvalue weighted by atomic mass is 10.1. The van der Waals surface area contributed by atoms with Gasteiger partial charge in [0.15, 0.2) is 10.8 Å². The molecule has 0 aliphatic rings. The molecule has 2 aromatic heterocycles. The van der Waals surface area contributed by atoms with Crippen molar-refractivity contribution in [1.82, 2.24) is 4.98 Å². The number of thiazole rings is 1. The van der Waals surface area contributed by atoms with Crippen molar-refractivity contribution in [3.63, 3.8) is 0 Å². The molecule has 0 aliphatic heterocycles. The first-order chi connectivity index (χ1) is 8.74. The van der Waals surface area contributed by atoms with Gasteiger partial charge in [0.2, 0.25) is 0 Å². The van der Waals surface area contributed by atoms with Gasteiger partial charge in [0.05, 0.1) is 12.0 Å². The first-order valence-electron chi connectivity index (χ1n) is 5.26. The van der Waals surface area contributed by atoms with Gasteiger partial charge in [0, 0.05) is 17.0 Å². The van der Waals surface area contributed by atoms with Crippen molar-refractivity contribution in [2.75, 3.05) is 0 Å². The zero-order chi connectivity index (χ0) is 12.5. The second-order valence-corrected chi connectivity index (χ2v) is 4.57. The normalized spacial score (nSPS) is 10.1. The van der Waals surface area contributed by atoms with Crippen LogP contribution in [0.15, 0.2) is 46.4 Å². The number of halogens is 1. The zero-order valence-electron chi connectivity index (χ0n) is 9.61. The third-order valence-corrected chi connectivity index (χ3v) is 3.35. The highest BCUT2D eigenvalue weighted by Gasteiger charge is 2.11. The van der Waals surface area contributed by atoms with E-state index in [1.807, 2.05) is 11.4 Å². The summed E-state index contributed by atoms with van der Waals surface area (Å²) in [6.07, 6.45) is 1.59. The van der Waals surface area contributed by atoms with E-state index < -0.39 is 0 Å². The van der Waals surface area contributed by atoms with Gasteiger partial charge in [-0.15, -0.1) is 23.7 Å². The molecule has 3 aromatic rings. The summed E-state index contributed by atoms with van der Waals surface area (Å²) in [5.41, 5.74) is 1.24. The predicted molar refractivity (Wildman–Crippen MR) is 75.8 cm³/mol. The Hall–Kier alpha value is -1.98. The average Bonchev–Trinajstić information content (AvgIpc) is 2.99. The van der Waals surface area contributed by atoms with E-state index in [2.05, 4.69) is 4.98 Å². The lowest BCUT2D eigenvalue weighted by Gasteiger charge is -2.01. The molecule has 0 aliphatic carbocycles. The number of phenols is 2. The highest BCUT2D eigenvalue weighted by atomic mass is 35.5. The number of aromatic nitrogens is 1. The molecule has 2 heterocycles. The maximum atomic E-state index is 9.77. The van der Waals surface area contributed by atoms with E-state index in [9.17, 15) is 10.2 Å². The number of benzene rings is 1. The fourth-order valence-electron chi connectivity index (χ4n) is 1.65. The fourth-order valence-corrected chi connectivity index (χ4v) is 2.43. The smallest absolute Gasteiger partial charge is 0.162 e. The number of hydrogen-bond donors (Lipinski definition) is 2. The highest BCUT2D eigenvalue weighted by Crippen LogP contribution is 2.35. The quantitative estimate of drug-likeness (QED) is 0.752. The monoisotopic (exact) mass is 295 g/mol. The van der Waals surface area contributed by atoms with Crippen LogP contribution in [0.4, 0.5) is 0 Å². The number of hydrogen-bond acceptors (Lipinski definition) is 5. The summed E-state index contributed by atoms with van der Waals surface area (Å²) in [5, 5.41) is 21.6. The SMILES string of the molecule is Cl.Oc1ccc(-c2csc(-c3ccco3)n2)c(O)c1. The largest absolute Gasteiger partial charge is 0.508 e. The van der Waals surface area contributed by atoms with Crippen LogP contribution in [0.1, 0.15) is 0 Å². The summed E-state index contributed by atoms with van der Waals surface area (Å²) in [5.74, 6) is 0.730. The van der Waals surface area contributed by atoms with Crippen LogP contribution in [-0.2, 0) is 0 Å². The first-order valence-corrected chi connectivity index (χ1v) is 6.14. The van der Waals surface area contributed by atoms with Crippen molar-refractivity contribution >= 4 is 23.7 Å². The molecule has 1 aromatic carbocycles. The molecule has 3 rings (SSSR count). The molecular formula is C13H10ClNO3S. The molecule has 19 heavy (non-hydrogen) atoms. The third-order valence-electron chi connectivity index (χ3n) is 2.49. The number of furan rings is 1. The predicted octanol–water partition coefficient (Wildman–Crippen LogP) is 3.90. The Balaban J connectivity index is 0.00000133. The van der Waals surface area contributed by atoms with Crippen molar-refractivity contribution in [1.29, 1.82) is 0 Å². The molecule has 0 radical (unpaired) electrons. The summed E-state index contributed by atoms with van der Waals surface area (Å²) in [6.45, 7) is 0. The van der Waals surface area contributed by atoms with E-state index in [1.54, 1.807) is 18.4 Å². The van der Waals surface area contributed by atoms with Crippen LogP contribution in [-0.4, -0.2) is 15.2 Å². The second kappa shape index (κ2) is 5.34. The Morgan fingerprint density at radius 3 is 2.68 bits per heavy atom. The number of phenolic OH excluding ortho intramolecular Hbond substituents is 2. The Morgan fingerprint density at radius 1 is 1.16 bits per heavy atom. The summed E-state index contributed by atoms with van der Waals surface area (Å²) in [4.78, 5) is 4.40. The summed E-state index contributed by atoms with van der Waals surface area (Å²) in [6, 6.07) is 8.07. The van der Waals surface area contributed by atoms with Gasteiger partial charge in [-0.2, -0.15) is 0 Å². The summed E-state index contributed by atoms with van der Waals surface area (Å²) < 4.78 is 5.26. The van der Waals surface area contributed by atoms with Crippen molar-refractivity contribution in [2.45, 2.75) is 0 Å². The molecule has 6 heteroatoms. The molecule has 98 valence electrons. The van der Waals surface area contributed by atoms with Crippen molar-refractivity contribution in [3.05, 3.63) is 42.0 Å². The molecule has 0 saturated carbocycles. The van der Waals surface area contributed by atoms with E-state index in [1.165, 1.54) is 23.5 Å². The Kier molecular flexibility index (Phi) is 3.78. The molecule has 0 saturated heterocycles. The zero-order valence-corrected chi connectivity index (χ0v) is 11.2. The molecule has 4 nitrogen and oxygen atoms in total. The summed E-state index contributed by atoms with van der Waals surface area (Å²) in [7, 11) is 0. The molecule has 0 bridgehead atoms. The van der Waals surface area contributed by atoms with Crippen molar-refractivity contribution < 1.29 is 14.6 Å². The third kappa shape index (κ3) is 2.57. The molecule has 0 fully saturated rings. The molecule has 0 unspecified atom stereocenters. The highest BCUT2D eigenvalue weighted by molar-refractivity contribution is 7.13. The summed E-state index contributed by atoms with van der Waals surface area (Å²) >= 11 is 1.44. The van der Waals surface area contributed by atoms with Crippen LogP contribution in [0, 0.1) is 0 Å². The van der Waals surface area contributed by atoms with Crippen LogP contribution in [0.3, 0.4) is 0 Å². The van der Waals surface area contributed by atoms with Gasteiger partial charge in [-0.1, -0.05) is 0 Å². The number of nitrogens with zero attached hydrogens (tertiary/aromatic N) is 1. The van der Waals surface area contributed by atoms with Gasteiger partial charge in [-0.05, 0) is 24.3 Å². The fraction of sp³-hybridized carbons (Fsp3) is 0. The maximum Gasteiger partial charge on any atom is 0.162 e. The Bertz CT molecular complexity index is 679. The van der Waals surface area contributed by atoms with Gasteiger partial charge in [0.1, 0.15) is 11.5 Å². The number of rotatable bonds is 2. The maximum absolute atomic E-state index is 9.77. The molecule has 0 spiro atoms. The van der Waals surface area contributed by atoms with E-state index >= 15 is 0 Å². The molecule has 0 amide bonds. The topological polar surface area (TPSA) is 66.5 Å². The van der Waals surface area contributed by atoms with Gasteiger partial charge in [-0.3, -0.25) is 0 Å². The van der Waals surface area contributed by atoms with Gasteiger partial charge in [0.25, 0.3) is 0 Å². The van der Waals surface area contributed by atoms with Crippen LogP contribution in [0.5, 0.6) is 11.5 Å². The molecule has 2 N–H and O–H groups in total. The molecular weight excluding hydrogens is 286 g/mol. The minimum atomic E-state index is 0. The van der Waals surface area contributed by atoms with Crippen LogP contribution in [0.25, 0.3) is 22.0 Å². The minimum absolute atomic E-state index is 0. The Morgan fingerprint density at radius 2 is 2.00 bits per heavy atom. The van der Waals surface area contributed by atoms with Gasteiger partial charge >= 0.3 is 0 Å². The van der Waals surface area contributed by atoms with Crippen molar-refractivity contribution in [2.24, 2.45) is 0 Å². The lowest BCUT2D eigenvalue weighted by Crippen LogP contribution is -1.79. The van der Waals surface area contributed by atoms with Crippen LogP contribution >= 0.6 is 23.7 Å². The minimum Gasteiger partial charge on any atom is -0.508 e. The van der Waals surface area contributed by atoms with E-state index in [0.29, 0.717) is 17.0 Å². The van der Waals surface area contributed by atoms with E-state index in [4.69, 9.17) is 4.42 Å². The van der Waals surface area contributed by atoms with Crippen molar-refractivity contribution in [3.8, 4) is 33.5 Å². The van der Waals surface area contributed by atoms with Gasteiger partial charge in [-0.25, -0.2) is 4.98 Å². The standard InChI is InChI=1S/C13H9NO3S.ClH/c15-8-3-4-9(11(16)6-8)10-7-18-13(14-10)12-2-1-5-17-12;/h1-7,15-16H;1H. The van der Waals surface area contributed by atoms with Gasteiger partial charge < -0.3 is 14.6 Å². The van der Waals surface area contributed by atoms with E-state index in [-0.39, 0.29) is 23.9 Å². The lowest BCUT2D eigenvalue weighted by molar-refractivity contribution is 0.452. The number of aromatic hydroxyl groups is 2.